The number of rotatable bonds is 14. The third-order valence-electron chi connectivity index (χ3n) is 6.60. The maximum atomic E-state index is 14.1. The number of anilines is 1. The molecule has 41 heavy (non-hydrogen) atoms. The lowest BCUT2D eigenvalue weighted by Gasteiger charge is -2.34. The molecule has 0 aliphatic rings. The summed E-state index contributed by atoms with van der Waals surface area (Å²) in [5.74, 6) is -0.755. The summed E-state index contributed by atoms with van der Waals surface area (Å²) in [4.78, 5) is 42.4. The van der Waals surface area contributed by atoms with Gasteiger partial charge in [0.05, 0.1) is 10.7 Å². The van der Waals surface area contributed by atoms with E-state index in [9.17, 15) is 14.4 Å². The van der Waals surface area contributed by atoms with Gasteiger partial charge in [0, 0.05) is 12.3 Å². The summed E-state index contributed by atoms with van der Waals surface area (Å²) in [5, 5.41) is 6.06. The summed E-state index contributed by atoms with van der Waals surface area (Å²) < 4.78 is 5.40. The van der Waals surface area contributed by atoms with Crippen LogP contribution in [0, 0.1) is 13.8 Å². The van der Waals surface area contributed by atoms with Crippen molar-refractivity contribution in [1.82, 2.24) is 10.2 Å². The molecule has 0 saturated carbocycles. The Bertz CT molecular complexity index is 1150. The SMILES string of the molecule is CCCCCCCCN(C(=O)C(CS)NC(=O)OC(C)(C)C)C(C(=O)Nc1c(C)cccc1Cl)c1cccc(C)c1. The van der Waals surface area contributed by atoms with E-state index in [-0.39, 0.29) is 11.7 Å². The van der Waals surface area contributed by atoms with E-state index in [0.717, 1.165) is 43.2 Å². The molecule has 0 aliphatic heterocycles. The molecule has 0 spiro atoms. The van der Waals surface area contributed by atoms with Gasteiger partial charge in [-0.2, -0.15) is 12.6 Å². The van der Waals surface area contributed by atoms with E-state index in [4.69, 9.17) is 16.3 Å². The van der Waals surface area contributed by atoms with Crippen LogP contribution in [0.2, 0.25) is 5.02 Å². The van der Waals surface area contributed by atoms with Crippen LogP contribution in [0.1, 0.15) is 89.0 Å². The quantitative estimate of drug-likeness (QED) is 0.153. The molecule has 0 aromatic heterocycles. The van der Waals surface area contributed by atoms with Gasteiger partial charge < -0.3 is 20.3 Å². The Labute approximate surface area is 256 Å². The van der Waals surface area contributed by atoms with Gasteiger partial charge in [0.2, 0.25) is 5.91 Å². The Morgan fingerprint density at radius 2 is 1.66 bits per heavy atom. The van der Waals surface area contributed by atoms with Crippen molar-refractivity contribution in [2.24, 2.45) is 0 Å². The molecule has 9 heteroatoms. The van der Waals surface area contributed by atoms with E-state index >= 15 is 0 Å². The third-order valence-corrected chi connectivity index (χ3v) is 7.28. The molecule has 0 fully saturated rings. The number of halogens is 1. The number of benzene rings is 2. The smallest absolute Gasteiger partial charge is 0.408 e. The first kappa shape index (κ1) is 34.5. The number of hydrogen-bond donors (Lipinski definition) is 3. The number of para-hydroxylation sites is 1. The maximum Gasteiger partial charge on any atom is 0.408 e. The van der Waals surface area contributed by atoms with Crippen LogP contribution in [-0.4, -0.2) is 46.7 Å². The normalized spacial score (nSPS) is 12.8. The molecule has 0 bridgehead atoms. The highest BCUT2D eigenvalue weighted by Gasteiger charge is 2.36. The van der Waals surface area contributed by atoms with Crippen molar-refractivity contribution in [1.29, 1.82) is 0 Å². The number of nitrogens with zero attached hydrogens (tertiary/aromatic N) is 1. The van der Waals surface area contributed by atoms with E-state index in [0.29, 0.717) is 29.2 Å². The summed E-state index contributed by atoms with van der Waals surface area (Å²) in [7, 11) is 0. The number of aryl methyl sites for hydroxylation is 2. The van der Waals surface area contributed by atoms with E-state index < -0.39 is 29.7 Å². The number of hydrogen-bond acceptors (Lipinski definition) is 5. The highest BCUT2D eigenvalue weighted by atomic mass is 35.5. The molecule has 2 unspecified atom stereocenters. The second kappa shape index (κ2) is 16.7. The van der Waals surface area contributed by atoms with Crippen LogP contribution < -0.4 is 10.6 Å². The highest BCUT2D eigenvalue weighted by Crippen LogP contribution is 2.30. The van der Waals surface area contributed by atoms with Gasteiger partial charge in [-0.1, -0.05) is 92.6 Å². The minimum Gasteiger partial charge on any atom is -0.444 e. The average Bonchev–Trinajstić information content (AvgIpc) is 2.89. The first-order valence-corrected chi connectivity index (χ1v) is 15.4. The lowest BCUT2D eigenvalue weighted by Crippen LogP contribution is -2.53. The minimum atomic E-state index is -0.990. The molecule has 0 radical (unpaired) electrons. The molecule has 3 amide bonds. The van der Waals surface area contributed by atoms with Gasteiger partial charge in [-0.3, -0.25) is 9.59 Å². The van der Waals surface area contributed by atoms with Gasteiger partial charge in [0.15, 0.2) is 0 Å². The lowest BCUT2D eigenvalue weighted by atomic mass is 10.00. The van der Waals surface area contributed by atoms with Crippen LogP contribution in [0.3, 0.4) is 0 Å². The molecule has 0 heterocycles. The maximum absolute atomic E-state index is 14.1. The number of ether oxygens (including phenoxy) is 1. The predicted octanol–water partition coefficient (Wildman–Crippen LogP) is 7.65. The number of carbonyl (C=O) groups excluding carboxylic acids is 3. The molecule has 2 N–H and O–H groups in total. The van der Waals surface area contributed by atoms with Crippen LogP contribution >= 0.6 is 24.2 Å². The monoisotopic (exact) mass is 603 g/mol. The molecule has 2 aromatic rings. The largest absolute Gasteiger partial charge is 0.444 e. The zero-order valence-electron chi connectivity index (χ0n) is 25.3. The lowest BCUT2D eigenvalue weighted by molar-refractivity contribution is -0.140. The standard InChI is InChI=1S/C32H46ClN3O4S/c1-7-8-9-10-11-12-19-36(30(38)26(21-41)34-31(39)40-32(4,5)6)28(24-17-13-15-22(2)20-24)29(37)35-27-23(3)16-14-18-25(27)33/h13-18,20,26,28,41H,7-12,19,21H2,1-6H3,(H,34,39)(H,35,37). The second-order valence-corrected chi connectivity index (χ2v) is 12.2. The van der Waals surface area contributed by atoms with Gasteiger partial charge in [0.1, 0.15) is 17.7 Å². The second-order valence-electron chi connectivity index (χ2n) is 11.4. The Morgan fingerprint density at radius 1 is 1.00 bits per heavy atom. The molecular weight excluding hydrogens is 558 g/mol. The molecule has 2 aromatic carbocycles. The minimum absolute atomic E-state index is 0.0385. The fraction of sp³-hybridized carbons (Fsp3) is 0.531. The van der Waals surface area contributed by atoms with Crippen LogP contribution in [0.25, 0.3) is 0 Å². The van der Waals surface area contributed by atoms with Crippen molar-refractivity contribution in [3.8, 4) is 0 Å². The van der Waals surface area contributed by atoms with Gasteiger partial charge in [-0.15, -0.1) is 0 Å². The molecule has 2 rings (SSSR count). The summed E-state index contributed by atoms with van der Waals surface area (Å²) in [6.45, 7) is 11.6. The van der Waals surface area contributed by atoms with E-state index in [1.165, 1.54) is 0 Å². The molecule has 0 aliphatic carbocycles. The molecular formula is C32H46ClN3O4S. The van der Waals surface area contributed by atoms with Gasteiger partial charge >= 0.3 is 6.09 Å². The third kappa shape index (κ3) is 11.2. The molecule has 7 nitrogen and oxygen atoms in total. The zero-order valence-corrected chi connectivity index (χ0v) is 26.9. The van der Waals surface area contributed by atoms with Gasteiger partial charge in [-0.25, -0.2) is 4.79 Å². The summed E-state index contributed by atoms with van der Waals surface area (Å²) >= 11 is 10.8. The van der Waals surface area contributed by atoms with Crippen LogP contribution in [0.15, 0.2) is 42.5 Å². The van der Waals surface area contributed by atoms with Crippen molar-refractivity contribution in [2.75, 3.05) is 17.6 Å². The Balaban J connectivity index is 2.49. The molecule has 2 atom stereocenters. The highest BCUT2D eigenvalue weighted by molar-refractivity contribution is 7.80. The average molecular weight is 604 g/mol. The Hall–Kier alpha value is -2.71. The number of unbranched alkanes of at least 4 members (excludes halogenated alkanes) is 5. The van der Waals surface area contributed by atoms with Crippen LogP contribution in [-0.2, 0) is 14.3 Å². The Morgan fingerprint density at radius 3 is 2.27 bits per heavy atom. The number of alkyl carbamates (subject to hydrolysis) is 1. The van der Waals surface area contributed by atoms with Gasteiger partial charge in [-0.05, 0) is 58.2 Å². The first-order valence-electron chi connectivity index (χ1n) is 14.4. The number of carbonyl (C=O) groups is 3. The summed E-state index contributed by atoms with van der Waals surface area (Å²) in [6, 6.07) is 11.0. The van der Waals surface area contributed by atoms with E-state index in [1.807, 2.05) is 50.2 Å². The fourth-order valence-corrected chi connectivity index (χ4v) is 5.08. The summed E-state index contributed by atoms with van der Waals surface area (Å²) in [6.07, 6.45) is 5.38. The van der Waals surface area contributed by atoms with E-state index in [2.05, 4.69) is 30.2 Å². The van der Waals surface area contributed by atoms with Crippen LogP contribution in [0.4, 0.5) is 10.5 Å². The van der Waals surface area contributed by atoms with Crippen molar-refractivity contribution >= 4 is 47.8 Å². The number of thiol groups is 1. The molecule has 0 saturated heterocycles. The fourth-order valence-electron chi connectivity index (χ4n) is 4.56. The molecule has 226 valence electrons. The zero-order chi connectivity index (χ0) is 30.6. The van der Waals surface area contributed by atoms with Crippen molar-refractivity contribution in [2.45, 2.75) is 97.8 Å². The van der Waals surface area contributed by atoms with E-state index in [1.54, 1.807) is 31.7 Å². The van der Waals surface area contributed by atoms with Crippen molar-refractivity contribution < 1.29 is 19.1 Å². The Kier molecular flexibility index (Phi) is 14.0. The number of nitrogens with one attached hydrogen (secondary N) is 2. The first-order chi connectivity index (χ1) is 19.4. The van der Waals surface area contributed by atoms with Crippen molar-refractivity contribution in [3.63, 3.8) is 0 Å². The summed E-state index contributed by atoms with van der Waals surface area (Å²) in [5.41, 5.74) is 2.20. The van der Waals surface area contributed by atoms with Crippen molar-refractivity contribution in [3.05, 3.63) is 64.2 Å². The number of amides is 3. The predicted molar refractivity (Wildman–Crippen MR) is 171 cm³/mol. The topological polar surface area (TPSA) is 87.7 Å². The van der Waals surface area contributed by atoms with Crippen LogP contribution in [0.5, 0.6) is 0 Å². The van der Waals surface area contributed by atoms with Gasteiger partial charge in [0.25, 0.3) is 5.91 Å².